The first-order valence-corrected chi connectivity index (χ1v) is 7.51. The molecule has 106 valence electrons. The molecule has 0 radical (unpaired) electrons. The lowest BCUT2D eigenvalue weighted by Crippen LogP contribution is -2.26. The number of hydrogen-bond acceptors (Lipinski definition) is 5. The van der Waals surface area contributed by atoms with Gasteiger partial charge in [0.25, 0.3) is 0 Å². The Morgan fingerprint density at radius 1 is 1.42 bits per heavy atom. The van der Waals surface area contributed by atoms with Crippen LogP contribution in [0.25, 0.3) is 0 Å². The van der Waals surface area contributed by atoms with Crippen LogP contribution in [-0.2, 0) is 19.4 Å². The van der Waals surface area contributed by atoms with Crippen LogP contribution in [0.5, 0.6) is 0 Å². The van der Waals surface area contributed by atoms with Gasteiger partial charge in [0.2, 0.25) is 5.91 Å². The van der Waals surface area contributed by atoms with Crippen molar-refractivity contribution in [2.45, 2.75) is 6.92 Å². The summed E-state index contributed by atoms with van der Waals surface area (Å²) in [5, 5.41) is 2.54. The van der Waals surface area contributed by atoms with Crippen LogP contribution in [-0.4, -0.2) is 39.5 Å². The zero-order valence-electron chi connectivity index (χ0n) is 11.0. The van der Waals surface area contributed by atoms with Gasteiger partial charge in [0.15, 0.2) is 9.84 Å². The minimum atomic E-state index is -3.45. The van der Waals surface area contributed by atoms with Crippen molar-refractivity contribution in [2.24, 2.45) is 0 Å². The second-order valence-corrected chi connectivity index (χ2v) is 6.39. The molecule has 0 heterocycles. The maximum atomic E-state index is 11.7. The molecule has 0 fully saturated rings. The average molecular weight is 286 g/mol. The van der Waals surface area contributed by atoms with Gasteiger partial charge in [-0.1, -0.05) is 6.07 Å². The van der Waals surface area contributed by atoms with Crippen molar-refractivity contribution in [3.8, 4) is 0 Å². The highest BCUT2D eigenvalue weighted by molar-refractivity contribution is 7.92. The highest BCUT2D eigenvalue weighted by atomic mass is 32.2. The summed E-state index contributed by atoms with van der Waals surface area (Å²) in [7, 11) is -2.05. The number of carbonyl (C=O) groups excluding carboxylic acids is 1. The second-order valence-electron chi connectivity index (χ2n) is 4.21. The van der Waals surface area contributed by atoms with Gasteiger partial charge in [0, 0.05) is 18.5 Å². The average Bonchev–Trinajstić information content (AvgIpc) is 2.30. The highest BCUT2D eigenvalue weighted by Gasteiger charge is 2.17. The Morgan fingerprint density at radius 3 is 2.74 bits per heavy atom. The van der Waals surface area contributed by atoms with E-state index in [1.165, 1.54) is 7.11 Å². The van der Waals surface area contributed by atoms with Crippen LogP contribution < -0.4 is 11.1 Å². The third-order valence-corrected chi connectivity index (χ3v) is 3.98. The number of rotatable bonds is 6. The van der Waals surface area contributed by atoms with E-state index < -0.39 is 21.5 Å². The highest BCUT2D eigenvalue weighted by Crippen LogP contribution is 2.18. The molecule has 0 saturated carbocycles. The van der Waals surface area contributed by atoms with E-state index in [-0.39, 0.29) is 12.4 Å². The first-order chi connectivity index (χ1) is 8.84. The second kappa shape index (κ2) is 6.53. The summed E-state index contributed by atoms with van der Waals surface area (Å²) in [5.41, 5.74) is 7.45. The Bertz CT molecular complexity index is 555. The number of nitrogen functional groups attached to an aromatic ring is 1. The Balaban J connectivity index is 2.68. The number of anilines is 2. The number of nitrogens with one attached hydrogen (secondary N) is 1. The molecule has 0 aliphatic carbocycles. The number of sulfone groups is 1. The van der Waals surface area contributed by atoms with Crippen LogP contribution >= 0.6 is 0 Å². The van der Waals surface area contributed by atoms with E-state index in [0.29, 0.717) is 11.4 Å². The molecule has 1 rings (SSSR count). The fourth-order valence-corrected chi connectivity index (χ4v) is 2.48. The van der Waals surface area contributed by atoms with Gasteiger partial charge in [-0.3, -0.25) is 4.79 Å². The summed E-state index contributed by atoms with van der Waals surface area (Å²) in [6.45, 7) is 1.88. The van der Waals surface area contributed by atoms with Crippen molar-refractivity contribution in [1.82, 2.24) is 0 Å². The zero-order chi connectivity index (χ0) is 14.5. The van der Waals surface area contributed by atoms with Gasteiger partial charge in [-0.25, -0.2) is 8.42 Å². The predicted molar refractivity (Wildman–Crippen MR) is 74.8 cm³/mol. The van der Waals surface area contributed by atoms with E-state index in [1.807, 2.05) is 0 Å². The van der Waals surface area contributed by atoms with Crippen LogP contribution in [0.15, 0.2) is 18.2 Å². The lowest BCUT2D eigenvalue weighted by Gasteiger charge is -2.09. The van der Waals surface area contributed by atoms with Gasteiger partial charge in [0.1, 0.15) is 5.75 Å². The number of carbonyl (C=O) groups is 1. The van der Waals surface area contributed by atoms with Gasteiger partial charge >= 0.3 is 0 Å². The largest absolute Gasteiger partial charge is 0.399 e. The van der Waals surface area contributed by atoms with Crippen molar-refractivity contribution in [1.29, 1.82) is 0 Å². The molecule has 0 atom stereocenters. The minimum absolute atomic E-state index is 0.0763. The maximum Gasteiger partial charge on any atom is 0.239 e. The van der Waals surface area contributed by atoms with Crippen molar-refractivity contribution >= 4 is 27.1 Å². The maximum absolute atomic E-state index is 11.7. The molecule has 1 amide bonds. The van der Waals surface area contributed by atoms with Crippen molar-refractivity contribution < 1.29 is 17.9 Å². The number of hydrogen-bond donors (Lipinski definition) is 2. The third kappa shape index (κ3) is 5.27. The topological polar surface area (TPSA) is 98.5 Å². The van der Waals surface area contributed by atoms with Gasteiger partial charge in [-0.05, 0) is 24.6 Å². The predicted octanol–water partition coefficient (Wildman–Crippen LogP) is 0.577. The summed E-state index contributed by atoms with van der Waals surface area (Å²) in [5.74, 6) is -1.32. The molecule has 3 N–H and O–H groups in total. The standard InChI is InChI=1S/C12H18N2O4S/c1-9-3-4-10(13)7-11(9)14-12(15)8-19(16,17)6-5-18-2/h3-4,7H,5-6,8,13H2,1-2H3,(H,14,15). The van der Waals surface area contributed by atoms with Crippen molar-refractivity contribution in [3.05, 3.63) is 23.8 Å². The van der Waals surface area contributed by atoms with E-state index >= 15 is 0 Å². The van der Waals surface area contributed by atoms with Crippen LogP contribution in [0, 0.1) is 6.92 Å². The fraction of sp³-hybridized carbons (Fsp3) is 0.417. The Morgan fingerprint density at radius 2 is 2.11 bits per heavy atom. The Kier molecular flexibility index (Phi) is 5.31. The molecule has 7 heteroatoms. The summed E-state index contributed by atoms with van der Waals surface area (Å²) in [6, 6.07) is 5.06. The van der Waals surface area contributed by atoms with Crippen LogP contribution in [0.3, 0.4) is 0 Å². The molecule has 19 heavy (non-hydrogen) atoms. The Hall–Kier alpha value is -1.60. The molecule has 0 aliphatic heterocycles. The molecule has 1 aromatic carbocycles. The summed E-state index contributed by atoms with van der Waals surface area (Å²) in [6.07, 6.45) is 0. The van der Waals surface area contributed by atoms with Gasteiger partial charge < -0.3 is 15.8 Å². The van der Waals surface area contributed by atoms with Crippen molar-refractivity contribution in [3.63, 3.8) is 0 Å². The zero-order valence-corrected chi connectivity index (χ0v) is 11.8. The quantitative estimate of drug-likeness (QED) is 0.745. The first kappa shape index (κ1) is 15.5. The summed E-state index contributed by atoms with van der Waals surface area (Å²) in [4.78, 5) is 11.7. The smallest absolute Gasteiger partial charge is 0.239 e. The van der Waals surface area contributed by atoms with Crippen molar-refractivity contribution in [2.75, 3.05) is 36.3 Å². The van der Waals surface area contributed by atoms with Crippen LogP contribution in [0.2, 0.25) is 0 Å². The molecular weight excluding hydrogens is 268 g/mol. The number of nitrogens with two attached hydrogens (primary N) is 1. The monoisotopic (exact) mass is 286 g/mol. The molecule has 6 nitrogen and oxygen atoms in total. The molecule has 0 aromatic heterocycles. The third-order valence-electron chi connectivity index (χ3n) is 2.49. The van der Waals surface area contributed by atoms with Crippen LogP contribution in [0.1, 0.15) is 5.56 Å². The first-order valence-electron chi connectivity index (χ1n) is 5.69. The molecule has 0 saturated heterocycles. The minimum Gasteiger partial charge on any atom is -0.399 e. The molecular formula is C12H18N2O4S. The normalized spacial score (nSPS) is 11.3. The van der Waals surface area contributed by atoms with Gasteiger partial charge in [-0.15, -0.1) is 0 Å². The lowest BCUT2D eigenvalue weighted by atomic mass is 10.2. The van der Waals surface area contributed by atoms with Crippen LogP contribution in [0.4, 0.5) is 11.4 Å². The molecule has 0 unspecified atom stereocenters. The fourth-order valence-electron chi connectivity index (χ4n) is 1.44. The number of amides is 1. The number of aryl methyl sites for hydroxylation is 1. The van der Waals surface area contributed by atoms with E-state index in [4.69, 9.17) is 5.73 Å². The molecule has 1 aromatic rings. The summed E-state index contributed by atoms with van der Waals surface area (Å²) < 4.78 is 27.8. The number of methoxy groups -OCH3 is 1. The number of ether oxygens (including phenoxy) is 1. The van der Waals surface area contributed by atoms with Gasteiger partial charge in [0.05, 0.1) is 12.4 Å². The number of benzene rings is 1. The SMILES string of the molecule is COCCS(=O)(=O)CC(=O)Nc1cc(N)ccc1C. The molecule has 0 aliphatic rings. The lowest BCUT2D eigenvalue weighted by molar-refractivity contribution is -0.113. The molecule has 0 spiro atoms. The van der Waals surface area contributed by atoms with E-state index in [2.05, 4.69) is 10.1 Å². The van der Waals surface area contributed by atoms with E-state index in [0.717, 1.165) is 5.56 Å². The van der Waals surface area contributed by atoms with E-state index in [9.17, 15) is 13.2 Å². The van der Waals surface area contributed by atoms with E-state index in [1.54, 1.807) is 25.1 Å². The molecule has 0 bridgehead atoms. The summed E-state index contributed by atoms with van der Waals surface area (Å²) >= 11 is 0. The van der Waals surface area contributed by atoms with Gasteiger partial charge in [-0.2, -0.15) is 0 Å². The Labute approximate surface area is 112 Å².